The molecule has 0 bridgehead atoms. The monoisotopic (exact) mass is 305 g/mol. The zero-order valence-corrected chi connectivity index (χ0v) is 12.1. The molecule has 1 amide bonds. The summed E-state index contributed by atoms with van der Waals surface area (Å²) < 4.78 is 5.41. The van der Waals surface area contributed by atoms with Gasteiger partial charge in [-0.05, 0) is 11.6 Å². The number of hydrogen-bond acceptors (Lipinski definition) is 3. The average molecular weight is 306 g/mol. The fourth-order valence-corrected chi connectivity index (χ4v) is 2.07. The van der Waals surface area contributed by atoms with Crippen molar-refractivity contribution >= 4 is 17.5 Å². The lowest BCUT2D eigenvalue weighted by Gasteiger charge is -2.12. The zero-order chi connectivity index (χ0) is 15.1. The van der Waals surface area contributed by atoms with Crippen LogP contribution in [-0.2, 0) is 17.9 Å². The van der Waals surface area contributed by atoms with Gasteiger partial charge in [0.25, 0.3) is 5.91 Å². The second kappa shape index (κ2) is 7.67. The van der Waals surface area contributed by atoms with Gasteiger partial charge in [-0.2, -0.15) is 0 Å². The molecule has 0 atom stereocenters. The van der Waals surface area contributed by atoms with Crippen molar-refractivity contribution in [2.75, 3.05) is 6.61 Å². The van der Waals surface area contributed by atoms with Crippen LogP contribution < -0.4 is 10.1 Å². The van der Waals surface area contributed by atoms with Crippen molar-refractivity contribution in [1.82, 2.24) is 5.32 Å². The molecule has 4 nitrogen and oxygen atoms in total. The number of rotatable bonds is 6. The second-order valence-corrected chi connectivity index (χ2v) is 4.84. The molecule has 0 fully saturated rings. The number of nitrogens with one attached hydrogen (secondary N) is 1. The van der Waals surface area contributed by atoms with Gasteiger partial charge in [-0.25, -0.2) is 0 Å². The third-order valence-corrected chi connectivity index (χ3v) is 3.20. The summed E-state index contributed by atoms with van der Waals surface area (Å²) in [6, 6.07) is 14.7. The molecule has 2 rings (SSSR count). The van der Waals surface area contributed by atoms with Crippen LogP contribution in [0.5, 0.6) is 5.75 Å². The number of hydrogen-bond donors (Lipinski definition) is 2. The fourth-order valence-electron chi connectivity index (χ4n) is 1.82. The molecular formula is C16H16ClNO3. The highest BCUT2D eigenvalue weighted by molar-refractivity contribution is 6.32. The van der Waals surface area contributed by atoms with Crippen LogP contribution in [0.15, 0.2) is 48.5 Å². The number of carbonyl (C=O) groups excluding carboxylic acids is 1. The Morgan fingerprint density at radius 2 is 1.90 bits per heavy atom. The van der Waals surface area contributed by atoms with Gasteiger partial charge in [0.1, 0.15) is 5.75 Å². The minimum Gasteiger partial charge on any atom is -0.482 e. The lowest BCUT2D eigenvalue weighted by molar-refractivity contribution is -0.123. The number of para-hydroxylation sites is 1. The maximum absolute atomic E-state index is 11.8. The molecule has 110 valence electrons. The van der Waals surface area contributed by atoms with Crippen LogP contribution in [0.3, 0.4) is 0 Å². The predicted octanol–water partition coefficient (Wildman–Crippen LogP) is 2.53. The van der Waals surface area contributed by atoms with Crippen molar-refractivity contribution in [2.45, 2.75) is 13.2 Å². The van der Waals surface area contributed by atoms with E-state index in [0.717, 1.165) is 5.56 Å². The van der Waals surface area contributed by atoms with Crippen molar-refractivity contribution in [1.29, 1.82) is 0 Å². The summed E-state index contributed by atoms with van der Waals surface area (Å²) >= 11 is 6.00. The number of amides is 1. The van der Waals surface area contributed by atoms with Crippen LogP contribution in [0.4, 0.5) is 0 Å². The molecule has 0 spiro atoms. The van der Waals surface area contributed by atoms with Crippen molar-refractivity contribution in [3.8, 4) is 5.75 Å². The Bertz CT molecular complexity index is 602. The van der Waals surface area contributed by atoms with Gasteiger partial charge < -0.3 is 15.2 Å². The molecule has 0 aromatic heterocycles. The van der Waals surface area contributed by atoms with Gasteiger partial charge in [0.05, 0.1) is 11.6 Å². The minimum absolute atomic E-state index is 0.149. The summed E-state index contributed by atoms with van der Waals surface area (Å²) in [5, 5.41) is 12.4. The van der Waals surface area contributed by atoms with E-state index in [1.165, 1.54) is 0 Å². The van der Waals surface area contributed by atoms with E-state index in [9.17, 15) is 9.90 Å². The maximum atomic E-state index is 11.8. The largest absolute Gasteiger partial charge is 0.482 e. The van der Waals surface area contributed by atoms with Gasteiger partial charge in [-0.15, -0.1) is 0 Å². The summed E-state index contributed by atoms with van der Waals surface area (Å²) in [5.41, 5.74) is 1.57. The summed E-state index contributed by atoms with van der Waals surface area (Å²) in [4.78, 5) is 11.8. The van der Waals surface area contributed by atoms with Gasteiger partial charge in [0, 0.05) is 12.1 Å². The molecule has 0 heterocycles. The average Bonchev–Trinajstić information content (AvgIpc) is 2.52. The van der Waals surface area contributed by atoms with Crippen molar-refractivity contribution < 1.29 is 14.6 Å². The SMILES string of the molecule is O=C(COc1c(Cl)cccc1CO)NCc1ccccc1. The van der Waals surface area contributed by atoms with Gasteiger partial charge in [0.2, 0.25) is 0 Å². The van der Waals surface area contributed by atoms with Crippen molar-refractivity contribution in [3.63, 3.8) is 0 Å². The number of halogens is 1. The highest BCUT2D eigenvalue weighted by Crippen LogP contribution is 2.28. The van der Waals surface area contributed by atoms with E-state index >= 15 is 0 Å². The van der Waals surface area contributed by atoms with E-state index in [0.29, 0.717) is 22.9 Å². The minimum atomic E-state index is -0.248. The second-order valence-electron chi connectivity index (χ2n) is 4.44. The Balaban J connectivity index is 1.87. The van der Waals surface area contributed by atoms with E-state index in [4.69, 9.17) is 16.3 Å². The molecule has 0 aliphatic heterocycles. The van der Waals surface area contributed by atoms with Gasteiger partial charge in [-0.1, -0.05) is 54.1 Å². The molecule has 5 heteroatoms. The molecule has 0 saturated heterocycles. The third kappa shape index (κ3) is 4.48. The van der Waals surface area contributed by atoms with Crippen LogP contribution in [0.2, 0.25) is 5.02 Å². The lowest BCUT2D eigenvalue weighted by atomic mass is 10.2. The molecule has 0 radical (unpaired) electrons. The molecule has 2 aromatic carbocycles. The molecule has 0 saturated carbocycles. The van der Waals surface area contributed by atoms with E-state index in [-0.39, 0.29) is 19.1 Å². The summed E-state index contributed by atoms with van der Waals surface area (Å²) in [7, 11) is 0. The topological polar surface area (TPSA) is 58.6 Å². The number of aliphatic hydroxyl groups excluding tert-OH is 1. The highest BCUT2D eigenvalue weighted by Gasteiger charge is 2.10. The molecule has 0 unspecified atom stereocenters. The molecule has 21 heavy (non-hydrogen) atoms. The maximum Gasteiger partial charge on any atom is 0.258 e. The Kier molecular flexibility index (Phi) is 5.60. The first-order chi connectivity index (χ1) is 10.2. The highest BCUT2D eigenvalue weighted by atomic mass is 35.5. The van der Waals surface area contributed by atoms with Crippen LogP contribution >= 0.6 is 11.6 Å². The van der Waals surface area contributed by atoms with E-state index in [1.54, 1.807) is 18.2 Å². The Morgan fingerprint density at radius 3 is 2.62 bits per heavy atom. The summed E-state index contributed by atoms with van der Waals surface area (Å²) in [6.07, 6.45) is 0. The van der Waals surface area contributed by atoms with Crippen molar-refractivity contribution in [3.05, 3.63) is 64.7 Å². The Morgan fingerprint density at radius 1 is 1.14 bits per heavy atom. The fraction of sp³-hybridized carbons (Fsp3) is 0.188. The van der Waals surface area contributed by atoms with Crippen LogP contribution in [0.1, 0.15) is 11.1 Å². The quantitative estimate of drug-likeness (QED) is 0.862. The smallest absolute Gasteiger partial charge is 0.258 e. The van der Waals surface area contributed by atoms with Gasteiger partial charge in [0.15, 0.2) is 6.61 Å². The Hall–Kier alpha value is -2.04. The molecule has 2 aromatic rings. The first-order valence-corrected chi connectivity index (χ1v) is 6.90. The number of aliphatic hydroxyl groups is 1. The molecular weight excluding hydrogens is 290 g/mol. The predicted molar refractivity (Wildman–Crippen MR) is 81.2 cm³/mol. The molecule has 0 aliphatic carbocycles. The zero-order valence-electron chi connectivity index (χ0n) is 11.4. The van der Waals surface area contributed by atoms with Crippen LogP contribution in [0, 0.1) is 0 Å². The van der Waals surface area contributed by atoms with Crippen molar-refractivity contribution in [2.24, 2.45) is 0 Å². The molecule has 2 N–H and O–H groups in total. The number of benzene rings is 2. The van der Waals surface area contributed by atoms with E-state index in [2.05, 4.69) is 5.32 Å². The van der Waals surface area contributed by atoms with Gasteiger partial charge >= 0.3 is 0 Å². The standard InChI is InChI=1S/C16H16ClNO3/c17-14-8-4-7-13(10-19)16(14)21-11-15(20)18-9-12-5-2-1-3-6-12/h1-8,19H,9-11H2,(H,18,20). The van der Waals surface area contributed by atoms with Gasteiger partial charge in [-0.3, -0.25) is 4.79 Å². The summed E-state index contributed by atoms with van der Waals surface area (Å²) in [6.45, 7) is 0.101. The molecule has 0 aliphatic rings. The third-order valence-electron chi connectivity index (χ3n) is 2.90. The van der Waals surface area contributed by atoms with Crippen LogP contribution in [0.25, 0.3) is 0 Å². The lowest BCUT2D eigenvalue weighted by Crippen LogP contribution is -2.28. The number of ether oxygens (including phenoxy) is 1. The first kappa shape index (κ1) is 15.4. The summed E-state index contributed by atoms with van der Waals surface area (Å²) in [5.74, 6) is 0.0965. The first-order valence-electron chi connectivity index (χ1n) is 6.52. The van der Waals surface area contributed by atoms with Crippen LogP contribution in [-0.4, -0.2) is 17.6 Å². The Labute approximate surface area is 128 Å². The van der Waals surface area contributed by atoms with E-state index < -0.39 is 0 Å². The van der Waals surface area contributed by atoms with E-state index in [1.807, 2.05) is 30.3 Å². The normalized spacial score (nSPS) is 10.2. The number of carbonyl (C=O) groups is 1.